The lowest BCUT2D eigenvalue weighted by Gasteiger charge is -2.22. The van der Waals surface area contributed by atoms with Crippen LogP contribution in [0.2, 0.25) is 0 Å². The summed E-state index contributed by atoms with van der Waals surface area (Å²) < 4.78 is 5.21. The molecule has 0 spiro atoms. The summed E-state index contributed by atoms with van der Waals surface area (Å²) in [6.07, 6.45) is 6.39. The lowest BCUT2D eigenvalue weighted by atomic mass is 9.95. The summed E-state index contributed by atoms with van der Waals surface area (Å²) in [5.41, 5.74) is 4.17. The van der Waals surface area contributed by atoms with Crippen molar-refractivity contribution in [2.24, 2.45) is 5.92 Å². The maximum Gasteiger partial charge on any atom is 0.304 e. The Bertz CT molecular complexity index is 1470. The molecule has 43 heavy (non-hydrogen) atoms. The van der Waals surface area contributed by atoms with Crippen LogP contribution in [-0.2, 0) is 33.6 Å². The maximum atomic E-state index is 13.5. The van der Waals surface area contributed by atoms with E-state index in [1.807, 2.05) is 85.1 Å². The van der Waals surface area contributed by atoms with E-state index in [9.17, 15) is 19.5 Å². The Morgan fingerprint density at radius 1 is 0.837 bits per heavy atom. The second kappa shape index (κ2) is 16.2. The van der Waals surface area contributed by atoms with Gasteiger partial charge in [0.1, 0.15) is 11.8 Å². The lowest BCUT2D eigenvalue weighted by Crippen LogP contribution is -2.50. The first-order valence-corrected chi connectivity index (χ1v) is 14.9. The highest BCUT2D eigenvalue weighted by atomic mass is 16.5. The van der Waals surface area contributed by atoms with Crippen molar-refractivity contribution in [3.8, 4) is 5.75 Å². The molecule has 0 radical (unpaired) electrons. The molecule has 226 valence electrons. The number of para-hydroxylation sites is 1. The van der Waals surface area contributed by atoms with E-state index in [1.165, 1.54) is 5.56 Å². The number of amides is 2. The third kappa shape index (κ3) is 9.74. The summed E-state index contributed by atoms with van der Waals surface area (Å²) in [5, 5.41) is 16.4. The minimum absolute atomic E-state index is 0.278. The predicted molar refractivity (Wildman–Crippen MR) is 168 cm³/mol. The Kier molecular flexibility index (Phi) is 11.8. The number of carbonyl (C=O) groups excluding carboxylic acids is 2. The van der Waals surface area contributed by atoms with Gasteiger partial charge in [-0.15, -0.1) is 0 Å². The zero-order valence-electron chi connectivity index (χ0n) is 24.7. The van der Waals surface area contributed by atoms with Gasteiger partial charge < -0.3 is 25.5 Å². The van der Waals surface area contributed by atoms with E-state index in [-0.39, 0.29) is 18.7 Å². The molecule has 8 heteroatoms. The Labute approximate surface area is 252 Å². The average Bonchev–Trinajstić information content (AvgIpc) is 3.43. The van der Waals surface area contributed by atoms with E-state index in [4.69, 9.17) is 4.74 Å². The first kappa shape index (κ1) is 31.3. The number of rotatable bonds is 17. The number of H-pyrrole nitrogens is 1. The Morgan fingerprint density at radius 2 is 1.56 bits per heavy atom. The predicted octanol–water partition coefficient (Wildman–Crippen LogP) is 5.46. The molecular formula is C35H41N3O5. The number of hydrogen-bond acceptors (Lipinski definition) is 4. The Morgan fingerprint density at radius 3 is 2.30 bits per heavy atom. The van der Waals surface area contributed by atoms with Gasteiger partial charge >= 0.3 is 5.97 Å². The van der Waals surface area contributed by atoms with Crippen LogP contribution in [0.1, 0.15) is 48.8 Å². The quantitative estimate of drug-likeness (QED) is 0.123. The molecule has 4 aromatic rings. The number of aliphatic carboxylic acids is 1. The minimum atomic E-state index is -1.03. The molecule has 0 saturated carbocycles. The number of aryl methyl sites for hydroxylation is 1. The van der Waals surface area contributed by atoms with Crippen molar-refractivity contribution in [1.82, 2.24) is 15.6 Å². The van der Waals surface area contributed by atoms with Crippen molar-refractivity contribution in [2.45, 2.75) is 57.4 Å². The standard InChI is InChI=1S/C35H41N3O5/c1-43-29-18-16-26(17-19-29)12-6-3-7-13-27(23-33(39)40)34(41)38-32(22-28-24-37-31-15-9-8-14-30(28)31)35(42)36-21-20-25-10-4-2-5-11-25/h2,4-5,8-11,14-19,24,27,32,37H,3,6-7,12-13,20-23H2,1H3,(H,36,42)(H,38,41)(H,39,40). The second-order valence-corrected chi connectivity index (χ2v) is 10.9. The zero-order chi connectivity index (χ0) is 30.4. The number of ether oxygens (including phenoxy) is 1. The van der Waals surface area contributed by atoms with Gasteiger partial charge in [-0.1, -0.05) is 73.5 Å². The molecular weight excluding hydrogens is 542 g/mol. The highest BCUT2D eigenvalue weighted by molar-refractivity contribution is 5.91. The van der Waals surface area contributed by atoms with Crippen LogP contribution in [0.5, 0.6) is 5.75 Å². The smallest absolute Gasteiger partial charge is 0.304 e. The summed E-state index contributed by atoms with van der Waals surface area (Å²) in [6.45, 7) is 0.426. The van der Waals surface area contributed by atoms with Crippen molar-refractivity contribution in [2.75, 3.05) is 13.7 Å². The molecule has 3 aromatic carbocycles. The van der Waals surface area contributed by atoms with Gasteiger partial charge in [-0.3, -0.25) is 14.4 Å². The number of hydrogen-bond donors (Lipinski definition) is 4. The van der Waals surface area contributed by atoms with Gasteiger partial charge in [0.25, 0.3) is 0 Å². The number of aromatic nitrogens is 1. The van der Waals surface area contributed by atoms with E-state index >= 15 is 0 Å². The molecule has 0 saturated heterocycles. The summed E-state index contributed by atoms with van der Waals surface area (Å²) in [5.74, 6) is -1.62. The highest BCUT2D eigenvalue weighted by Crippen LogP contribution is 2.21. The molecule has 0 aliphatic rings. The van der Waals surface area contributed by atoms with Crippen LogP contribution in [0, 0.1) is 5.92 Å². The summed E-state index contributed by atoms with van der Waals surface area (Å²) in [6, 6.07) is 24.8. The van der Waals surface area contributed by atoms with E-state index in [1.54, 1.807) is 7.11 Å². The molecule has 0 fully saturated rings. The molecule has 0 aliphatic carbocycles. The normalized spacial score (nSPS) is 12.4. The fourth-order valence-corrected chi connectivity index (χ4v) is 5.34. The molecule has 2 unspecified atom stereocenters. The van der Waals surface area contributed by atoms with E-state index < -0.39 is 23.8 Å². The monoisotopic (exact) mass is 583 g/mol. The van der Waals surface area contributed by atoms with Crippen LogP contribution in [0.25, 0.3) is 10.9 Å². The number of methoxy groups -OCH3 is 1. The zero-order valence-corrected chi connectivity index (χ0v) is 24.7. The fourth-order valence-electron chi connectivity index (χ4n) is 5.34. The van der Waals surface area contributed by atoms with Crippen LogP contribution < -0.4 is 15.4 Å². The van der Waals surface area contributed by atoms with Crippen molar-refractivity contribution >= 4 is 28.7 Å². The lowest BCUT2D eigenvalue weighted by molar-refractivity contribution is -0.141. The number of aromatic amines is 1. The second-order valence-electron chi connectivity index (χ2n) is 10.9. The number of carboxylic acid groups (broad SMARTS) is 1. The van der Waals surface area contributed by atoms with Gasteiger partial charge in [-0.2, -0.15) is 0 Å². The largest absolute Gasteiger partial charge is 0.497 e. The van der Waals surface area contributed by atoms with Crippen LogP contribution in [-0.4, -0.2) is 47.6 Å². The van der Waals surface area contributed by atoms with Crippen LogP contribution in [0.15, 0.2) is 85.1 Å². The maximum absolute atomic E-state index is 13.5. The number of fused-ring (bicyclic) bond motifs is 1. The topological polar surface area (TPSA) is 121 Å². The fraction of sp³-hybridized carbons (Fsp3) is 0.343. The van der Waals surface area contributed by atoms with Crippen molar-refractivity contribution in [1.29, 1.82) is 0 Å². The number of benzene rings is 3. The SMILES string of the molecule is COc1ccc(CCCCCC(CC(=O)O)C(=O)NC(Cc2c[nH]c3ccccc23)C(=O)NCCc2ccccc2)cc1. The van der Waals surface area contributed by atoms with Crippen LogP contribution in [0.4, 0.5) is 0 Å². The molecule has 1 heterocycles. The summed E-state index contributed by atoms with van der Waals surface area (Å²) >= 11 is 0. The Hall–Kier alpha value is -4.59. The molecule has 4 N–H and O–H groups in total. The van der Waals surface area contributed by atoms with E-state index in [0.717, 1.165) is 53.5 Å². The molecule has 0 bridgehead atoms. The first-order chi connectivity index (χ1) is 20.9. The van der Waals surface area contributed by atoms with Crippen molar-refractivity contribution in [3.05, 3.63) is 102 Å². The molecule has 4 rings (SSSR count). The van der Waals surface area contributed by atoms with Crippen molar-refractivity contribution < 1.29 is 24.2 Å². The van der Waals surface area contributed by atoms with Gasteiger partial charge in [-0.25, -0.2) is 0 Å². The van der Waals surface area contributed by atoms with Gasteiger partial charge in [-0.05, 0) is 60.6 Å². The summed E-state index contributed by atoms with van der Waals surface area (Å²) in [7, 11) is 1.64. The third-order valence-corrected chi connectivity index (χ3v) is 7.76. The molecule has 0 aliphatic heterocycles. The average molecular weight is 584 g/mol. The highest BCUT2D eigenvalue weighted by Gasteiger charge is 2.28. The van der Waals surface area contributed by atoms with Gasteiger partial charge in [0.15, 0.2) is 0 Å². The third-order valence-electron chi connectivity index (χ3n) is 7.76. The van der Waals surface area contributed by atoms with Crippen molar-refractivity contribution in [3.63, 3.8) is 0 Å². The van der Waals surface area contributed by atoms with Gasteiger partial charge in [0.2, 0.25) is 11.8 Å². The number of nitrogens with one attached hydrogen (secondary N) is 3. The number of carbonyl (C=O) groups is 3. The Balaban J connectivity index is 1.37. The van der Waals surface area contributed by atoms with E-state index in [2.05, 4.69) is 15.6 Å². The number of carboxylic acids is 1. The van der Waals surface area contributed by atoms with E-state index in [0.29, 0.717) is 19.4 Å². The first-order valence-electron chi connectivity index (χ1n) is 14.9. The van der Waals surface area contributed by atoms with Crippen LogP contribution in [0.3, 0.4) is 0 Å². The molecule has 2 amide bonds. The minimum Gasteiger partial charge on any atom is -0.497 e. The molecule has 2 atom stereocenters. The summed E-state index contributed by atoms with van der Waals surface area (Å²) in [4.78, 5) is 41.7. The number of unbranched alkanes of at least 4 members (excludes halogenated alkanes) is 2. The molecule has 8 nitrogen and oxygen atoms in total. The molecule has 1 aromatic heterocycles. The van der Waals surface area contributed by atoms with Gasteiger partial charge in [0.05, 0.1) is 13.5 Å². The van der Waals surface area contributed by atoms with Gasteiger partial charge in [0, 0.05) is 36.0 Å². The van der Waals surface area contributed by atoms with Crippen LogP contribution >= 0.6 is 0 Å².